The van der Waals surface area contributed by atoms with E-state index in [1.165, 1.54) is 5.56 Å². The summed E-state index contributed by atoms with van der Waals surface area (Å²) in [6, 6.07) is 22.8. The Morgan fingerprint density at radius 2 is 1.94 bits per heavy atom. The minimum Gasteiger partial charge on any atom is -0.352 e. The molecule has 0 saturated carbocycles. The third-order valence-electron chi connectivity index (χ3n) is 5.64. The van der Waals surface area contributed by atoms with Crippen LogP contribution in [0.5, 0.6) is 0 Å². The predicted octanol–water partition coefficient (Wildman–Crippen LogP) is 4.75. The molecule has 1 aromatic carbocycles. The first-order valence-corrected chi connectivity index (χ1v) is 10.7. The maximum absolute atomic E-state index is 5.81. The molecule has 4 aromatic rings. The van der Waals surface area contributed by atoms with Crippen LogP contribution in [0.3, 0.4) is 0 Å². The monoisotopic (exact) mass is 425 g/mol. The zero-order valence-electron chi connectivity index (χ0n) is 17.2. The maximum atomic E-state index is 5.81. The number of pyridine rings is 2. The van der Waals surface area contributed by atoms with Crippen LogP contribution in [0, 0.1) is 6.92 Å². The first kappa shape index (κ1) is 19.5. The Kier molecular flexibility index (Phi) is 5.22. The van der Waals surface area contributed by atoms with Gasteiger partial charge < -0.3 is 14.8 Å². The Morgan fingerprint density at radius 1 is 1.00 bits per heavy atom. The van der Waals surface area contributed by atoms with Crippen LogP contribution in [0.4, 0.5) is 0 Å². The van der Waals surface area contributed by atoms with E-state index in [4.69, 9.17) is 12.2 Å². The van der Waals surface area contributed by atoms with Gasteiger partial charge in [0, 0.05) is 42.7 Å². The van der Waals surface area contributed by atoms with Gasteiger partial charge in [0.25, 0.3) is 0 Å². The van der Waals surface area contributed by atoms with Crippen molar-refractivity contribution in [3.8, 4) is 5.69 Å². The van der Waals surface area contributed by atoms with E-state index in [-0.39, 0.29) is 12.1 Å². The number of aryl methyl sites for hydroxylation is 1. The Hall–Kier alpha value is -3.51. The highest BCUT2D eigenvalue weighted by molar-refractivity contribution is 7.80. The van der Waals surface area contributed by atoms with Crippen molar-refractivity contribution in [3.63, 3.8) is 0 Å². The molecule has 4 heterocycles. The molecule has 1 aliphatic heterocycles. The summed E-state index contributed by atoms with van der Waals surface area (Å²) in [7, 11) is 0. The van der Waals surface area contributed by atoms with Crippen molar-refractivity contribution >= 4 is 17.3 Å². The molecule has 1 fully saturated rings. The highest BCUT2D eigenvalue weighted by Gasteiger charge is 2.41. The number of nitrogens with zero attached hydrogens (tertiary/aromatic N) is 4. The summed E-state index contributed by atoms with van der Waals surface area (Å²) < 4.78 is 2.25. The van der Waals surface area contributed by atoms with E-state index in [2.05, 4.69) is 86.4 Å². The van der Waals surface area contributed by atoms with Crippen LogP contribution >= 0.6 is 12.2 Å². The summed E-state index contributed by atoms with van der Waals surface area (Å²) in [6.07, 6.45) is 7.64. The predicted molar refractivity (Wildman–Crippen MR) is 126 cm³/mol. The minimum absolute atomic E-state index is 0.0156. The van der Waals surface area contributed by atoms with Crippen molar-refractivity contribution in [2.24, 2.45) is 0 Å². The Labute approximate surface area is 187 Å². The molecule has 0 spiro atoms. The Balaban J connectivity index is 1.61. The molecule has 5 nitrogen and oxygen atoms in total. The Morgan fingerprint density at radius 3 is 2.71 bits per heavy atom. The SMILES string of the molecule is Cc1cccc(-n2cccc2[C@H]2[C@@H](c3ccccn3)NC(=S)N2Cc2cccnc2)c1. The number of nitrogens with one attached hydrogen (secondary N) is 1. The maximum Gasteiger partial charge on any atom is 0.170 e. The second-order valence-electron chi connectivity index (χ2n) is 7.76. The lowest BCUT2D eigenvalue weighted by molar-refractivity contribution is 0.302. The fourth-order valence-corrected chi connectivity index (χ4v) is 4.54. The standard InChI is InChI=1S/C25H23N5S/c1-18-7-4-9-20(15-18)29-14-6-11-22(29)24-23(21-10-2-3-13-27-21)28-25(31)30(24)17-19-8-5-12-26-16-19/h2-16,23-24H,17H2,1H3,(H,28,31)/t23-,24+/m1/s1. The topological polar surface area (TPSA) is 46.0 Å². The largest absolute Gasteiger partial charge is 0.352 e. The summed E-state index contributed by atoms with van der Waals surface area (Å²) >= 11 is 5.81. The summed E-state index contributed by atoms with van der Waals surface area (Å²) in [5.41, 5.74) is 5.62. The number of rotatable bonds is 5. The third-order valence-corrected chi connectivity index (χ3v) is 5.99. The van der Waals surface area contributed by atoms with E-state index in [9.17, 15) is 0 Å². The van der Waals surface area contributed by atoms with E-state index >= 15 is 0 Å². The summed E-state index contributed by atoms with van der Waals surface area (Å²) in [4.78, 5) is 11.2. The first-order valence-electron chi connectivity index (χ1n) is 10.3. The van der Waals surface area contributed by atoms with Gasteiger partial charge in [-0.3, -0.25) is 9.97 Å². The van der Waals surface area contributed by atoms with Gasteiger partial charge in [-0.25, -0.2) is 0 Å². The lowest BCUT2D eigenvalue weighted by Gasteiger charge is -2.29. The van der Waals surface area contributed by atoms with Crippen LogP contribution < -0.4 is 5.32 Å². The average Bonchev–Trinajstić information content (AvgIpc) is 3.40. The molecule has 2 atom stereocenters. The molecule has 0 aliphatic carbocycles. The molecule has 154 valence electrons. The van der Waals surface area contributed by atoms with Gasteiger partial charge in [-0.2, -0.15) is 0 Å². The van der Waals surface area contributed by atoms with Gasteiger partial charge in [0.15, 0.2) is 5.11 Å². The lowest BCUT2D eigenvalue weighted by Crippen LogP contribution is -2.30. The number of hydrogen-bond donors (Lipinski definition) is 1. The molecule has 0 radical (unpaired) electrons. The number of thiocarbonyl (C=S) groups is 1. The molecular weight excluding hydrogens is 402 g/mol. The highest BCUT2D eigenvalue weighted by atomic mass is 32.1. The quantitative estimate of drug-likeness (QED) is 0.468. The molecular formula is C25H23N5S. The molecule has 6 heteroatoms. The van der Waals surface area contributed by atoms with Gasteiger partial charge in [-0.15, -0.1) is 0 Å². The lowest BCUT2D eigenvalue weighted by atomic mass is 10.0. The summed E-state index contributed by atoms with van der Waals surface area (Å²) in [5.74, 6) is 0. The van der Waals surface area contributed by atoms with Crippen molar-refractivity contribution in [1.29, 1.82) is 0 Å². The zero-order valence-corrected chi connectivity index (χ0v) is 18.0. The molecule has 0 bridgehead atoms. The van der Waals surface area contributed by atoms with Gasteiger partial charge in [0.1, 0.15) is 0 Å². The van der Waals surface area contributed by atoms with Crippen LogP contribution in [-0.2, 0) is 6.54 Å². The van der Waals surface area contributed by atoms with Gasteiger partial charge in [0.05, 0.1) is 17.8 Å². The van der Waals surface area contributed by atoms with Crippen LogP contribution in [-0.4, -0.2) is 24.5 Å². The average molecular weight is 426 g/mol. The molecule has 31 heavy (non-hydrogen) atoms. The number of aromatic nitrogens is 3. The van der Waals surface area contributed by atoms with Crippen molar-refractivity contribution in [2.45, 2.75) is 25.6 Å². The van der Waals surface area contributed by atoms with Gasteiger partial charge in [-0.05, 0) is 72.7 Å². The smallest absolute Gasteiger partial charge is 0.170 e. The van der Waals surface area contributed by atoms with E-state index in [1.54, 1.807) is 6.20 Å². The summed E-state index contributed by atoms with van der Waals surface area (Å²) in [6.45, 7) is 2.79. The normalized spacial score (nSPS) is 18.2. The van der Waals surface area contributed by atoms with Gasteiger partial charge >= 0.3 is 0 Å². The van der Waals surface area contributed by atoms with Crippen molar-refractivity contribution in [2.75, 3.05) is 0 Å². The minimum atomic E-state index is -0.0520. The third kappa shape index (κ3) is 3.82. The molecule has 1 saturated heterocycles. The number of benzene rings is 1. The summed E-state index contributed by atoms with van der Waals surface area (Å²) in [5, 5.41) is 4.25. The zero-order chi connectivity index (χ0) is 21.2. The Bertz CT molecular complexity index is 1190. The van der Waals surface area contributed by atoms with E-state index in [0.29, 0.717) is 6.54 Å². The molecule has 5 rings (SSSR count). The van der Waals surface area contributed by atoms with E-state index in [0.717, 1.165) is 27.8 Å². The molecule has 0 unspecified atom stereocenters. The molecule has 0 amide bonds. The fourth-order valence-electron chi connectivity index (χ4n) is 4.23. The van der Waals surface area contributed by atoms with Crippen LogP contribution in [0.15, 0.2) is 91.5 Å². The van der Waals surface area contributed by atoms with E-state index < -0.39 is 0 Å². The van der Waals surface area contributed by atoms with Crippen LogP contribution in [0.25, 0.3) is 5.69 Å². The molecule has 1 aliphatic rings. The molecule has 3 aromatic heterocycles. The van der Waals surface area contributed by atoms with Crippen molar-refractivity contribution in [3.05, 3.63) is 114 Å². The number of hydrogen-bond acceptors (Lipinski definition) is 3. The molecule has 1 N–H and O–H groups in total. The van der Waals surface area contributed by atoms with Crippen molar-refractivity contribution in [1.82, 2.24) is 24.8 Å². The van der Waals surface area contributed by atoms with Crippen LogP contribution in [0.1, 0.15) is 34.6 Å². The van der Waals surface area contributed by atoms with Crippen LogP contribution in [0.2, 0.25) is 0 Å². The first-order chi connectivity index (χ1) is 15.2. The highest BCUT2D eigenvalue weighted by Crippen LogP contribution is 2.40. The van der Waals surface area contributed by atoms with Gasteiger partial charge in [0.2, 0.25) is 0 Å². The second kappa shape index (κ2) is 8.32. The van der Waals surface area contributed by atoms with E-state index in [1.807, 2.05) is 30.6 Å². The second-order valence-corrected chi connectivity index (χ2v) is 8.14. The fraction of sp³-hybridized carbons (Fsp3) is 0.160. The van der Waals surface area contributed by atoms with Crippen molar-refractivity contribution < 1.29 is 0 Å². The van der Waals surface area contributed by atoms with Gasteiger partial charge in [-0.1, -0.05) is 24.3 Å².